The van der Waals surface area contributed by atoms with Gasteiger partial charge in [-0.1, -0.05) is 13.3 Å². The highest BCUT2D eigenvalue weighted by molar-refractivity contribution is 5.06. The second kappa shape index (κ2) is 3.18. The van der Waals surface area contributed by atoms with Gasteiger partial charge in [-0.3, -0.25) is 0 Å². The lowest BCUT2D eigenvalue weighted by Gasteiger charge is -2.07. The van der Waals surface area contributed by atoms with Gasteiger partial charge < -0.3 is 9.52 Å². The highest BCUT2D eigenvalue weighted by Gasteiger charge is 2.50. The number of rotatable bonds is 4. The third-order valence-corrected chi connectivity index (χ3v) is 3.08. The fraction of sp³-hybridized carbons (Fsp3) is 0.636. The SMILES string of the molecule is CCC1CC1(O)CCc1ccco1. The van der Waals surface area contributed by atoms with Crippen molar-refractivity contribution in [3.8, 4) is 0 Å². The summed E-state index contributed by atoms with van der Waals surface area (Å²) < 4.78 is 5.21. The normalized spacial score (nSPS) is 32.0. The maximum absolute atomic E-state index is 9.95. The maximum Gasteiger partial charge on any atom is 0.103 e. The van der Waals surface area contributed by atoms with Crippen LogP contribution in [0, 0.1) is 5.92 Å². The summed E-state index contributed by atoms with van der Waals surface area (Å²) in [6.45, 7) is 2.13. The van der Waals surface area contributed by atoms with Crippen LogP contribution in [0.15, 0.2) is 22.8 Å². The van der Waals surface area contributed by atoms with E-state index in [9.17, 15) is 5.11 Å². The molecule has 1 aliphatic carbocycles. The van der Waals surface area contributed by atoms with E-state index in [4.69, 9.17) is 4.42 Å². The van der Waals surface area contributed by atoms with Crippen molar-refractivity contribution in [3.63, 3.8) is 0 Å². The zero-order valence-electron chi connectivity index (χ0n) is 7.99. The molecule has 0 bridgehead atoms. The molecule has 1 saturated carbocycles. The van der Waals surface area contributed by atoms with E-state index in [1.54, 1.807) is 6.26 Å². The van der Waals surface area contributed by atoms with Gasteiger partial charge in [-0.15, -0.1) is 0 Å². The van der Waals surface area contributed by atoms with Crippen molar-refractivity contribution in [2.45, 2.75) is 38.2 Å². The zero-order valence-corrected chi connectivity index (χ0v) is 7.99. The first kappa shape index (κ1) is 8.82. The van der Waals surface area contributed by atoms with Gasteiger partial charge >= 0.3 is 0 Å². The second-order valence-corrected chi connectivity index (χ2v) is 3.99. The molecule has 0 spiro atoms. The van der Waals surface area contributed by atoms with Crippen LogP contribution in [0.5, 0.6) is 0 Å². The van der Waals surface area contributed by atoms with Gasteiger partial charge in [-0.05, 0) is 30.9 Å². The molecule has 13 heavy (non-hydrogen) atoms. The Balaban J connectivity index is 1.81. The monoisotopic (exact) mass is 180 g/mol. The summed E-state index contributed by atoms with van der Waals surface area (Å²) in [5.41, 5.74) is -0.373. The van der Waals surface area contributed by atoms with Crippen molar-refractivity contribution in [3.05, 3.63) is 24.2 Å². The van der Waals surface area contributed by atoms with Crippen LogP contribution in [0.2, 0.25) is 0 Å². The van der Waals surface area contributed by atoms with E-state index < -0.39 is 0 Å². The first-order valence-electron chi connectivity index (χ1n) is 4.99. The van der Waals surface area contributed by atoms with Gasteiger partial charge in [0.1, 0.15) is 5.76 Å². The average molecular weight is 180 g/mol. The molecule has 2 nitrogen and oxygen atoms in total. The van der Waals surface area contributed by atoms with Gasteiger partial charge in [0.25, 0.3) is 0 Å². The Labute approximate surface area is 78.6 Å². The Morgan fingerprint density at radius 2 is 2.54 bits per heavy atom. The van der Waals surface area contributed by atoms with Crippen LogP contribution in [-0.4, -0.2) is 10.7 Å². The molecule has 0 aliphatic heterocycles. The van der Waals surface area contributed by atoms with Crippen molar-refractivity contribution in [2.24, 2.45) is 5.92 Å². The van der Waals surface area contributed by atoms with Crippen molar-refractivity contribution in [2.75, 3.05) is 0 Å². The topological polar surface area (TPSA) is 33.4 Å². The molecule has 0 saturated heterocycles. The zero-order chi connectivity index (χ0) is 9.31. The molecule has 2 atom stereocenters. The molecule has 1 aliphatic rings. The minimum absolute atomic E-state index is 0.373. The van der Waals surface area contributed by atoms with E-state index in [0.717, 1.165) is 31.4 Å². The fourth-order valence-corrected chi connectivity index (χ4v) is 1.99. The standard InChI is InChI=1S/C11H16O2/c1-2-9-8-11(9,12)6-5-10-4-3-7-13-10/h3-4,7,9,12H,2,5-6,8H2,1H3. The summed E-state index contributed by atoms with van der Waals surface area (Å²) in [4.78, 5) is 0. The molecule has 0 radical (unpaired) electrons. The molecule has 0 amide bonds. The van der Waals surface area contributed by atoms with Gasteiger partial charge in [-0.25, -0.2) is 0 Å². The van der Waals surface area contributed by atoms with Crippen LogP contribution in [-0.2, 0) is 6.42 Å². The summed E-state index contributed by atoms with van der Waals surface area (Å²) >= 11 is 0. The first-order valence-corrected chi connectivity index (χ1v) is 4.99. The predicted octanol–water partition coefficient (Wildman–Crippen LogP) is 2.37. The smallest absolute Gasteiger partial charge is 0.103 e. The predicted molar refractivity (Wildman–Crippen MR) is 50.4 cm³/mol. The Bertz CT molecular complexity index is 266. The van der Waals surface area contributed by atoms with Gasteiger partial charge in [0.2, 0.25) is 0 Å². The number of hydrogen-bond donors (Lipinski definition) is 1. The summed E-state index contributed by atoms with van der Waals surface area (Å²) in [7, 11) is 0. The van der Waals surface area contributed by atoms with Crippen LogP contribution < -0.4 is 0 Å². The highest BCUT2D eigenvalue weighted by atomic mass is 16.3. The lowest BCUT2D eigenvalue weighted by atomic mass is 10.1. The van der Waals surface area contributed by atoms with Gasteiger partial charge in [0, 0.05) is 6.42 Å². The summed E-state index contributed by atoms with van der Waals surface area (Å²) in [5, 5.41) is 9.95. The molecule has 1 fully saturated rings. The molecule has 1 heterocycles. The molecule has 2 rings (SSSR count). The van der Waals surface area contributed by atoms with Crippen LogP contribution in [0.1, 0.15) is 31.9 Å². The fourth-order valence-electron chi connectivity index (χ4n) is 1.99. The van der Waals surface area contributed by atoms with Crippen molar-refractivity contribution < 1.29 is 9.52 Å². The first-order chi connectivity index (χ1) is 6.24. The van der Waals surface area contributed by atoms with E-state index in [-0.39, 0.29) is 5.60 Å². The quantitative estimate of drug-likeness (QED) is 0.771. The van der Waals surface area contributed by atoms with E-state index in [0.29, 0.717) is 5.92 Å². The van der Waals surface area contributed by atoms with E-state index in [2.05, 4.69) is 6.92 Å². The van der Waals surface area contributed by atoms with Crippen molar-refractivity contribution in [1.82, 2.24) is 0 Å². The maximum atomic E-state index is 9.95. The van der Waals surface area contributed by atoms with Gasteiger partial charge in [-0.2, -0.15) is 0 Å². The lowest BCUT2D eigenvalue weighted by molar-refractivity contribution is 0.119. The Hall–Kier alpha value is -0.760. The minimum Gasteiger partial charge on any atom is -0.469 e. The largest absolute Gasteiger partial charge is 0.469 e. The Morgan fingerprint density at radius 3 is 3.08 bits per heavy atom. The van der Waals surface area contributed by atoms with Crippen molar-refractivity contribution in [1.29, 1.82) is 0 Å². The lowest BCUT2D eigenvalue weighted by Crippen LogP contribution is -2.11. The third kappa shape index (κ3) is 1.78. The number of furan rings is 1. The van der Waals surface area contributed by atoms with Crippen LogP contribution >= 0.6 is 0 Å². The Kier molecular flexibility index (Phi) is 2.16. The van der Waals surface area contributed by atoms with Gasteiger partial charge in [0.05, 0.1) is 11.9 Å². The third-order valence-electron chi connectivity index (χ3n) is 3.08. The molecule has 2 heteroatoms. The minimum atomic E-state index is -0.373. The summed E-state index contributed by atoms with van der Waals surface area (Å²) in [5.74, 6) is 1.51. The van der Waals surface area contributed by atoms with Crippen LogP contribution in [0.25, 0.3) is 0 Å². The summed E-state index contributed by atoms with van der Waals surface area (Å²) in [6.07, 6.45) is 5.46. The van der Waals surface area contributed by atoms with E-state index in [1.165, 1.54) is 0 Å². The number of hydrogen-bond acceptors (Lipinski definition) is 2. The Morgan fingerprint density at radius 1 is 1.69 bits per heavy atom. The molecule has 1 N–H and O–H groups in total. The highest BCUT2D eigenvalue weighted by Crippen LogP contribution is 2.48. The number of aliphatic hydroxyl groups is 1. The van der Waals surface area contributed by atoms with Crippen LogP contribution in [0.3, 0.4) is 0 Å². The second-order valence-electron chi connectivity index (χ2n) is 3.99. The van der Waals surface area contributed by atoms with E-state index in [1.807, 2.05) is 12.1 Å². The van der Waals surface area contributed by atoms with Crippen LogP contribution in [0.4, 0.5) is 0 Å². The molecule has 0 aromatic carbocycles. The number of aryl methyl sites for hydroxylation is 1. The van der Waals surface area contributed by atoms with E-state index >= 15 is 0 Å². The van der Waals surface area contributed by atoms with Crippen molar-refractivity contribution >= 4 is 0 Å². The molecule has 72 valence electrons. The summed E-state index contributed by atoms with van der Waals surface area (Å²) in [6, 6.07) is 3.86. The molecule has 1 aromatic heterocycles. The average Bonchev–Trinajstić information content (AvgIpc) is 2.60. The molecular formula is C11H16O2. The molecular weight excluding hydrogens is 164 g/mol. The molecule has 1 aromatic rings. The van der Waals surface area contributed by atoms with Gasteiger partial charge in [0.15, 0.2) is 0 Å². The molecule has 2 unspecified atom stereocenters.